The number of aromatic nitrogens is 3. The van der Waals surface area contributed by atoms with Crippen LogP contribution in [-0.4, -0.2) is 93.6 Å². The fourth-order valence-corrected chi connectivity index (χ4v) is 11.4. The van der Waals surface area contributed by atoms with Gasteiger partial charge in [0, 0.05) is 18.2 Å². The van der Waals surface area contributed by atoms with E-state index >= 15 is 0 Å². The summed E-state index contributed by atoms with van der Waals surface area (Å²) in [5.41, 5.74) is 3.76. The SMILES string of the molecule is COc1ccc(N2C(=O)C(Oc3ccccc3)C2c2ccc(Oc3nc(Oc4ccc(C5C(Oc6ccccc6)C(=O)N5c5ccc(OC)cc5OC)cc4)nc(Oc4ccc(C5C(Oc6ccccc6)C(=O)N5c5ccc(OC)cc5OC)cc4)n3)cc2)c(OC)c1. The Morgan fingerprint density at radius 1 is 0.280 bits per heavy atom. The van der Waals surface area contributed by atoms with Crippen molar-refractivity contribution in [3.05, 3.63) is 235 Å². The first kappa shape index (κ1) is 59.9. The molecule has 0 saturated carbocycles. The number of rotatable bonds is 24. The third kappa shape index (κ3) is 12.0. The zero-order valence-electron chi connectivity index (χ0n) is 51.1. The van der Waals surface area contributed by atoms with Gasteiger partial charge in [-0.3, -0.25) is 29.1 Å². The molecule has 468 valence electrons. The van der Waals surface area contributed by atoms with E-state index in [4.69, 9.17) is 56.8 Å². The fraction of sp³-hybridized carbons (Fsp3) is 0.167. The summed E-state index contributed by atoms with van der Waals surface area (Å²) < 4.78 is 71.8. The molecule has 3 amide bonds. The summed E-state index contributed by atoms with van der Waals surface area (Å²) >= 11 is 0. The Bertz CT molecular complexity index is 3870. The monoisotopic (exact) mass is 1250 g/mol. The van der Waals surface area contributed by atoms with Crippen LogP contribution in [0.25, 0.3) is 0 Å². The van der Waals surface area contributed by atoms with Gasteiger partial charge in [-0.15, -0.1) is 15.0 Å². The van der Waals surface area contributed by atoms with Crippen LogP contribution in [0.15, 0.2) is 218 Å². The molecule has 0 spiro atoms. The molecule has 6 atom stereocenters. The van der Waals surface area contributed by atoms with Crippen molar-refractivity contribution >= 4 is 34.8 Å². The lowest BCUT2D eigenvalue weighted by Gasteiger charge is -2.47. The highest BCUT2D eigenvalue weighted by atomic mass is 16.5. The highest BCUT2D eigenvalue weighted by molar-refractivity contribution is 6.08. The number of anilines is 3. The normalized spacial score (nSPS) is 18.0. The van der Waals surface area contributed by atoms with Crippen molar-refractivity contribution in [1.82, 2.24) is 15.0 Å². The van der Waals surface area contributed by atoms with Gasteiger partial charge in [0.1, 0.15) is 87.1 Å². The second kappa shape index (κ2) is 26.2. The lowest BCUT2D eigenvalue weighted by molar-refractivity contribution is -0.135. The Hall–Kier alpha value is -12.0. The van der Waals surface area contributed by atoms with Gasteiger partial charge in [-0.1, -0.05) is 91.0 Å². The second-order valence-electron chi connectivity index (χ2n) is 21.3. The van der Waals surface area contributed by atoms with E-state index < -0.39 is 36.4 Å². The predicted molar refractivity (Wildman–Crippen MR) is 341 cm³/mol. The third-order valence-electron chi connectivity index (χ3n) is 16.0. The molecule has 21 nitrogen and oxygen atoms in total. The number of carbonyl (C=O) groups is 3. The van der Waals surface area contributed by atoms with E-state index in [-0.39, 0.29) is 35.8 Å². The van der Waals surface area contributed by atoms with Gasteiger partial charge in [0.2, 0.25) is 18.3 Å². The van der Waals surface area contributed by atoms with Crippen LogP contribution in [0, 0.1) is 0 Å². The maximum atomic E-state index is 14.1. The summed E-state index contributed by atoms with van der Waals surface area (Å²) in [6.45, 7) is 0. The summed E-state index contributed by atoms with van der Waals surface area (Å²) in [5, 5.41) is 0. The molecule has 10 aromatic rings. The van der Waals surface area contributed by atoms with Gasteiger partial charge in [-0.2, -0.15) is 0 Å². The fourth-order valence-electron chi connectivity index (χ4n) is 11.4. The van der Waals surface area contributed by atoms with Gasteiger partial charge in [0.05, 0.1) is 59.7 Å². The van der Waals surface area contributed by atoms with Crippen LogP contribution in [0.1, 0.15) is 34.8 Å². The molecule has 0 radical (unpaired) electrons. The average Bonchev–Trinajstić information content (AvgIpc) is 0.759. The van der Waals surface area contributed by atoms with Crippen LogP contribution in [0.2, 0.25) is 0 Å². The molecule has 3 aliphatic rings. The molecule has 0 aliphatic carbocycles. The first-order valence-electron chi connectivity index (χ1n) is 29.4. The number of amides is 3. The minimum Gasteiger partial charge on any atom is -0.497 e. The van der Waals surface area contributed by atoms with Crippen molar-refractivity contribution in [2.75, 3.05) is 57.4 Å². The van der Waals surface area contributed by atoms with Gasteiger partial charge in [-0.25, -0.2) is 0 Å². The number of hydrogen-bond donors (Lipinski definition) is 0. The second-order valence-corrected chi connectivity index (χ2v) is 21.3. The molecule has 3 aliphatic heterocycles. The summed E-state index contributed by atoms with van der Waals surface area (Å²) in [5.74, 6) is 4.73. The van der Waals surface area contributed by atoms with Crippen molar-refractivity contribution in [1.29, 1.82) is 0 Å². The van der Waals surface area contributed by atoms with E-state index in [1.807, 2.05) is 91.0 Å². The molecule has 1 aromatic heterocycles. The van der Waals surface area contributed by atoms with Crippen LogP contribution >= 0.6 is 0 Å². The van der Waals surface area contributed by atoms with Crippen molar-refractivity contribution in [2.45, 2.75) is 36.4 Å². The number of methoxy groups -OCH3 is 6. The lowest BCUT2D eigenvalue weighted by Crippen LogP contribution is -2.61. The molecule has 93 heavy (non-hydrogen) atoms. The number of benzene rings is 9. The third-order valence-corrected chi connectivity index (χ3v) is 16.0. The van der Waals surface area contributed by atoms with Crippen molar-refractivity contribution < 1.29 is 71.2 Å². The predicted octanol–water partition coefficient (Wildman–Crippen LogP) is 12.9. The molecule has 0 bridgehead atoms. The van der Waals surface area contributed by atoms with E-state index in [1.165, 1.54) is 21.3 Å². The Morgan fingerprint density at radius 3 is 0.763 bits per heavy atom. The van der Waals surface area contributed by atoms with Gasteiger partial charge >= 0.3 is 18.0 Å². The summed E-state index contributed by atoms with van der Waals surface area (Å²) in [4.78, 5) is 61.0. The molecular formula is C72H60N6O15. The summed E-state index contributed by atoms with van der Waals surface area (Å²) in [7, 11) is 9.26. The molecule has 6 unspecified atom stereocenters. The van der Waals surface area contributed by atoms with E-state index in [1.54, 1.807) is 163 Å². The minimum absolute atomic E-state index is 0.194. The van der Waals surface area contributed by atoms with E-state index in [9.17, 15) is 14.4 Å². The zero-order chi connectivity index (χ0) is 64.1. The Balaban J connectivity index is 0.814. The first-order chi connectivity index (χ1) is 45.5. The molecule has 0 N–H and O–H groups in total. The van der Waals surface area contributed by atoms with Gasteiger partial charge in [-0.05, 0) is 126 Å². The molecular weight excluding hydrogens is 1190 g/mol. The highest BCUT2D eigenvalue weighted by Gasteiger charge is 2.54. The molecule has 3 fully saturated rings. The van der Waals surface area contributed by atoms with Crippen molar-refractivity contribution in [2.24, 2.45) is 0 Å². The topological polar surface area (TPSA) is 210 Å². The first-order valence-corrected chi connectivity index (χ1v) is 29.4. The largest absolute Gasteiger partial charge is 0.497 e. The molecule has 3 saturated heterocycles. The van der Waals surface area contributed by atoms with Crippen molar-refractivity contribution in [3.63, 3.8) is 0 Å². The molecule has 4 heterocycles. The molecule has 9 aromatic carbocycles. The van der Waals surface area contributed by atoms with E-state index in [0.29, 0.717) is 86.1 Å². The Morgan fingerprint density at radius 2 is 0.527 bits per heavy atom. The Kier molecular flexibility index (Phi) is 16.9. The van der Waals surface area contributed by atoms with E-state index in [0.717, 1.165) is 16.7 Å². The van der Waals surface area contributed by atoms with Crippen LogP contribution in [0.4, 0.5) is 17.1 Å². The number of β-lactam (4-membered cyclic amide) rings is 3. The number of carbonyl (C=O) groups excluding carboxylic acids is 3. The smallest absolute Gasteiger partial charge is 0.331 e. The Labute approximate surface area is 534 Å². The van der Waals surface area contributed by atoms with Crippen molar-refractivity contribution in [3.8, 4) is 87.0 Å². The zero-order valence-corrected chi connectivity index (χ0v) is 51.1. The maximum Gasteiger partial charge on any atom is 0.331 e. The van der Waals surface area contributed by atoms with Gasteiger partial charge in [0.25, 0.3) is 17.7 Å². The minimum atomic E-state index is -0.885. The highest BCUT2D eigenvalue weighted by Crippen LogP contribution is 2.50. The molecule has 21 heteroatoms. The molecule has 13 rings (SSSR count). The van der Waals surface area contributed by atoms with Crippen LogP contribution < -0.4 is 71.5 Å². The summed E-state index contributed by atoms with van der Waals surface area (Å²) in [6, 6.07) is 62.1. The average molecular weight is 1250 g/mol. The quantitative estimate of drug-likeness (QED) is 0.0515. The standard InChI is InChI=1S/C72H60N6O15/c1-82-52-34-37-55(58(40-52)85-4)76-61(64(67(76)79)88-46-16-10-7-11-17-46)43-22-28-49(29-23-43)91-70-73-71(92-50-30-24-44(25-31-50)62-65(89-47-18-12-8-13-19-47)68(80)77(62)56-38-35-53(83-2)41-59(56)86-5)75-72(74-70)93-51-32-26-45(27-33-51)63-66(90-48-20-14-9-15-21-48)69(81)78(63)57-39-36-54(84-3)42-60(57)87-6/h7-42,61-66H,1-6H3. The number of nitrogens with zero attached hydrogens (tertiary/aromatic N) is 6. The van der Waals surface area contributed by atoms with Gasteiger partial charge < -0.3 is 56.8 Å². The van der Waals surface area contributed by atoms with Crippen LogP contribution in [0.3, 0.4) is 0 Å². The van der Waals surface area contributed by atoms with Crippen LogP contribution in [-0.2, 0) is 14.4 Å². The number of para-hydroxylation sites is 3. The number of ether oxygens (including phenoxy) is 12. The maximum absolute atomic E-state index is 14.1. The van der Waals surface area contributed by atoms with E-state index in [2.05, 4.69) is 15.0 Å². The van der Waals surface area contributed by atoms with Crippen LogP contribution in [0.5, 0.6) is 87.0 Å². The summed E-state index contributed by atoms with van der Waals surface area (Å²) in [6.07, 6.45) is -2.65. The number of hydrogen-bond acceptors (Lipinski definition) is 18. The lowest BCUT2D eigenvalue weighted by atomic mass is 9.89. The van der Waals surface area contributed by atoms with Gasteiger partial charge in [0.15, 0.2) is 0 Å².